The molecule has 0 atom stereocenters. The highest BCUT2D eigenvalue weighted by molar-refractivity contribution is 7.99. The number of carbonyl (C=O) groups excluding carboxylic acids is 1. The molecule has 5 nitrogen and oxygen atoms in total. The average Bonchev–Trinajstić information content (AvgIpc) is 2.63. The minimum Gasteiger partial charge on any atom is -0.484 e. The Kier molecular flexibility index (Phi) is 5.86. The SMILES string of the molecule is Cc1cccc(OCC(=O)Nc2ccc(Sc3ncccn3)cc2C)c1. The molecular weight excluding hydrogens is 346 g/mol. The van der Waals surface area contributed by atoms with Gasteiger partial charge in [0.05, 0.1) is 0 Å². The average molecular weight is 365 g/mol. The van der Waals surface area contributed by atoms with Crippen LogP contribution < -0.4 is 10.1 Å². The molecule has 0 aliphatic carbocycles. The summed E-state index contributed by atoms with van der Waals surface area (Å²) in [5.41, 5.74) is 2.82. The highest BCUT2D eigenvalue weighted by atomic mass is 32.2. The van der Waals surface area contributed by atoms with Gasteiger partial charge in [-0.15, -0.1) is 0 Å². The van der Waals surface area contributed by atoms with E-state index in [1.807, 2.05) is 56.3 Å². The van der Waals surface area contributed by atoms with Gasteiger partial charge in [-0.05, 0) is 73.1 Å². The van der Waals surface area contributed by atoms with Crippen molar-refractivity contribution in [2.24, 2.45) is 0 Å². The number of anilines is 1. The molecule has 3 aromatic rings. The van der Waals surface area contributed by atoms with Crippen LogP contribution in [-0.4, -0.2) is 22.5 Å². The molecule has 1 aromatic heterocycles. The van der Waals surface area contributed by atoms with Gasteiger partial charge >= 0.3 is 0 Å². The van der Waals surface area contributed by atoms with E-state index in [1.165, 1.54) is 11.8 Å². The lowest BCUT2D eigenvalue weighted by Gasteiger charge is -2.11. The number of hydrogen-bond acceptors (Lipinski definition) is 5. The van der Waals surface area contributed by atoms with Crippen LogP contribution in [0.5, 0.6) is 5.75 Å². The first kappa shape index (κ1) is 17.9. The van der Waals surface area contributed by atoms with Crippen LogP contribution >= 0.6 is 11.8 Å². The zero-order valence-electron chi connectivity index (χ0n) is 14.6. The van der Waals surface area contributed by atoms with E-state index in [1.54, 1.807) is 18.5 Å². The van der Waals surface area contributed by atoms with Crippen molar-refractivity contribution in [1.29, 1.82) is 0 Å². The quantitative estimate of drug-likeness (QED) is 0.661. The summed E-state index contributed by atoms with van der Waals surface area (Å²) < 4.78 is 5.53. The number of nitrogens with one attached hydrogen (secondary N) is 1. The predicted octanol–water partition coefficient (Wildman–Crippen LogP) is 4.26. The van der Waals surface area contributed by atoms with Gasteiger partial charge in [-0.25, -0.2) is 9.97 Å². The fourth-order valence-corrected chi connectivity index (χ4v) is 3.13. The summed E-state index contributed by atoms with van der Waals surface area (Å²) in [6.45, 7) is 3.90. The Hall–Kier alpha value is -2.86. The lowest BCUT2D eigenvalue weighted by Crippen LogP contribution is -2.20. The number of hydrogen-bond donors (Lipinski definition) is 1. The van der Waals surface area contributed by atoms with E-state index in [0.29, 0.717) is 10.9 Å². The zero-order valence-corrected chi connectivity index (χ0v) is 15.4. The van der Waals surface area contributed by atoms with Gasteiger partial charge in [0.2, 0.25) is 0 Å². The number of carbonyl (C=O) groups is 1. The first-order chi connectivity index (χ1) is 12.6. The van der Waals surface area contributed by atoms with E-state index in [2.05, 4.69) is 15.3 Å². The van der Waals surface area contributed by atoms with Crippen LogP contribution in [0.3, 0.4) is 0 Å². The monoisotopic (exact) mass is 365 g/mol. The Labute approximate surface area is 156 Å². The number of ether oxygens (including phenoxy) is 1. The third-order valence-corrected chi connectivity index (χ3v) is 4.47. The van der Waals surface area contributed by atoms with E-state index in [4.69, 9.17) is 4.74 Å². The zero-order chi connectivity index (χ0) is 18.4. The van der Waals surface area contributed by atoms with Crippen LogP contribution in [0.15, 0.2) is 71.0 Å². The number of nitrogens with zero attached hydrogens (tertiary/aromatic N) is 2. The summed E-state index contributed by atoms with van der Waals surface area (Å²) >= 11 is 1.48. The van der Waals surface area contributed by atoms with Crippen molar-refractivity contribution in [2.45, 2.75) is 23.9 Å². The largest absolute Gasteiger partial charge is 0.484 e. The number of aryl methyl sites for hydroxylation is 2. The molecule has 0 fully saturated rings. The standard InChI is InChI=1S/C20H19N3O2S/c1-14-5-3-6-16(11-14)25-13-19(24)23-18-8-7-17(12-15(18)2)26-20-21-9-4-10-22-20/h3-12H,13H2,1-2H3,(H,23,24). The minimum atomic E-state index is -0.193. The lowest BCUT2D eigenvalue weighted by atomic mass is 10.2. The second-order valence-corrected chi connectivity index (χ2v) is 6.80. The molecule has 0 aliphatic rings. The summed E-state index contributed by atoms with van der Waals surface area (Å²) in [6, 6.07) is 15.2. The molecule has 3 rings (SSSR count). The van der Waals surface area contributed by atoms with Crippen LogP contribution in [0, 0.1) is 13.8 Å². The molecule has 0 aliphatic heterocycles. The van der Waals surface area contributed by atoms with Gasteiger partial charge in [0, 0.05) is 23.0 Å². The van der Waals surface area contributed by atoms with Crippen LogP contribution in [0.25, 0.3) is 0 Å². The fourth-order valence-electron chi connectivity index (χ4n) is 2.32. The highest BCUT2D eigenvalue weighted by Gasteiger charge is 2.08. The third kappa shape index (κ3) is 5.07. The number of benzene rings is 2. The molecule has 0 saturated heterocycles. The first-order valence-electron chi connectivity index (χ1n) is 8.15. The second kappa shape index (κ2) is 8.49. The topological polar surface area (TPSA) is 64.1 Å². The Morgan fingerprint density at radius 1 is 1.08 bits per heavy atom. The van der Waals surface area contributed by atoms with Crippen LogP contribution in [0.4, 0.5) is 5.69 Å². The number of rotatable bonds is 6. The Bertz CT molecular complexity index is 901. The summed E-state index contributed by atoms with van der Waals surface area (Å²) in [5, 5.41) is 3.57. The van der Waals surface area contributed by atoms with Crippen molar-refractivity contribution < 1.29 is 9.53 Å². The maximum absolute atomic E-state index is 12.1. The summed E-state index contributed by atoms with van der Waals surface area (Å²) in [6.07, 6.45) is 3.43. The molecule has 0 unspecified atom stereocenters. The van der Waals surface area contributed by atoms with Crippen molar-refractivity contribution in [3.8, 4) is 5.75 Å². The van der Waals surface area contributed by atoms with Crippen molar-refractivity contribution in [1.82, 2.24) is 9.97 Å². The molecule has 132 valence electrons. The number of aromatic nitrogens is 2. The smallest absolute Gasteiger partial charge is 0.262 e. The van der Waals surface area contributed by atoms with E-state index in [-0.39, 0.29) is 12.5 Å². The molecule has 6 heteroatoms. The normalized spacial score (nSPS) is 10.4. The van der Waals surface area contributed by atoms with E-state index in [0.717, 1.165) is 21.7 Å². The van der Waals surface area contributed by atoms with E-state index in [9.17, 15) is 4.79 Å². The summed E-state index contributed by atoms with van der Waals surface area (Å²) in [5.74, 6) is 0.493. The molecular formula is C20H19N3O2S. The number of amides is 1. The second-order valence-electron chi connectivity index (χ2n) is 5.76. The Morgan fingerprint density at radius 3 is 2.62 bits per heavy atom. The van der Waals surface area contributed by atoms with Gasteiger partial charge in [0.15, 0.2) is 11.8 Å². The van der Waals surface area contributed by atoms with Gasteiger partial charge < -0.3 is 10.1 Å². The first-order valence-corrected chi connectivity index (χ1v) is 8.96. The predicted molar refractivity (Wildman–Crippen MR) is 103 cm³/mol. The molecule has 1 N–H and O–H groups in total. The van der Waals surface area contributed by atoms with Crippen molar-refractivity contribution in [3.63, 3.8) is 0 Å². The third-order valence-electron chi connectivity index (χ3n) is 3.58. The molecule has 0 bridgehead atoms. The van der Waals surface area contributed by atoms with Crippen molar-refractivity contribution >= 4 is 23.4 Å². The molecule has 1 amide bonds. The summed E-state index contributed by atoms with van der Waals surface area (Å²) in [7, 11) is 0. The minimum absolute atomic E-state index is 0.0305. The molecule has 26 heavy (non-hydrogen) atoms. The van der Waals surface area contributed by atoms with Gasteiger partial charge in [-0.1, -0.05) is 12.1 Å². The van der Waals surface area contributed by atoms with Crippen LogP contribution in [0.1, 0.15) is 11.1 Å². The van der Waals surface area contributed by atoms with Gasteiger partial charge in [0.25, 0.3) is 5.91 Å². The van der Waals surface area contributed by atoms with Gasteiger partial charge in [0.1, 0.15) is 5.75 Å². The van der Waals surface area contributed by atoms with E-state index < -0.39 is 0 Å². The molecule has 2 aromatic carbocycles. The Morgan fingerprint density at radius 2 is 1.88 bits per heavy atom. The summed E-state index contributed by atoms with van der Waals surface area (Å²) in [4.78, 5) is 21.6. The Balaban J connectivity index is 1.58. The highest BCUT2D eigenvalue weighted by Crippen LogP contribution is 2.27. The van der Waals surface area contributed by atoms with Crippen LogP contribution in [-0.2, 0) is 4.79 Å². The molecule has 1 heterocycles. The maximum atomic E-state index is 12.1. The van der Waals surface area contributed by atoms with E-state index >= 15 is 0 Å². The molecule has 0 radical (unpaired) electrons. The lowest BCUT2D eigenvalue weighted by molar-refractivity contribution is -0.118. The molecule has 0 saturated carbocycles. The van der Waals surface area contributed by atoms with Crippen molar-refractivity contribution in [2.75, 3.05) is 11.9 Å². The van der Waals surface area contributed by atoms with Gasteiger partial charge in [-0.2, -0.15) is 0 Å². The van der Waals surface area contributed by atoms with Gasteiger partial charge in [-0.3, -0.25) is 4.79 Å². The molecule has 0 spiro atoms. The maximum Gasteiger partial charge on any atom is 0.262 e. The van der Waals surface area contributed by atoms with Crippen molar-refractivity contribution in [3.05, 3.63) is 72.1 Å². The van der Waals surface area contributed by atoms with Crippen LogP contribution in [0.2, 0.25) is 0 Å². The fraction of sp³-hybridized carbons (Fsp3) is 0.150.